The van der Waals surface area contributed by atoms with E-state index < -0.39 is 43.6 Å². The summed E-state index contributed by atoms with van der Waals surface area (Å²) in [6.07, 6.45) is 0. The van der Waals surface area contributed by atoms with Gasteiger partial charge in [-0.05, 0) is 117 Å². The number of para-hydroxylation sites is 2. The number of carbonyl (C=O) groups excluding carboxylic acids is 2. The average molecular weight is 1070 g/mol. The Hall–Kier alpha value is -8.40. The monoisotopic (exact) mass is 1070 g/mol. The molecule has 0 spiro atoms. The van der Waals surface area contributed by atoms with Crippen LogP contribution in [-0.2, 0) is 20.2 Å². The lowest BCUT2D eigenvalue weighted by molar-refractivity contribution is -0.734. The predicted molar refractivity (Wildman–Crippen MR) is 273 cm³/mol. The van der Waals surface area contributed by atoms with Gasteiger partial charge in [-0.25, -0.2) is 9.97 Å². The first kappa shape index (κ1) is 49.2. The summed E-state index contributed by atoms with van der Waals surface area (Å²) < 4.78 is 76.5. The third kappa shape index (κ3) is 10.6. The van der Waals surface area contributed by atoms with Crippen LogP contribution in [0.25, 0.3) is 76.0 Å². The Kier molecular flexibility index (Phi) is 13.5. The molecule has 6 aromatic carbocycles. The molecule has 4 N–H and O–H groups in total. The van der Waals surface area contributed by atoms with Gasteiger partial charge in [-0.2, -0.15) is 16.8 Å². The average Bonchev–Trinajstić information content (AvgIpc) is 4.23. The van der Waals surface area contributed by atoms with Crippen LogP contribution in [0.4, 0.5) is 0 Å². The Morgan fingerprint density at radius 1 is 0.568 bits per heavy atom. The van der Waals surface area contributed by atoms with E-state index in [0.717, 1.165) is 20.4 Å². The molecule has 74 heavy (non-hydrogen) atoms. The summed E-state index contributed by atoms with van der Waals surface area (Å²) in [6, 6.07) is 39.4. The quantitative estimate of drug-likeness (QED) is 0.0699. The van der Waals surface area contributed by atoms with Crippen molar-refractivity contribution in [2.75, 3.05) is 38.8 Å². The van der Waals surface area contributed by atoms with Crippen LogP contribution in [0.3, 0.4) is 0 Å². The molecule has 0 aliphatic carbocycles. The lowest BCUT2D eigenvalue weighted by Crippen LogP contribution is -2.43. The number of amides is 2. The molecule has 4 heterocycles. The van der Waals surface area contributed by atoms with Crippen molar-refractivity contribution in [2.45, 2.75) is 0 Å². The predicted octanol–water partition coefficient (Wildman–Crippen LogP) is 4.87. The third-order valence-electron chi connectivity index (χ3n) is 11.2. The number of nitrogens with zero attached hydrogens (tertiary/aromatic N) is 10. The molecule has 0 unspecified atom stereocenters. The fourth-order valence-electron chi connectivity index (χ4n) is 7.66. The van der Waals surface area contributed by atoms with Crippen LogP contribution in [0.15, 0.2) is 133 Å². The molecular formula is C48H40N12O10S4+2. The molecule has 10 aromatic rings. The van der Waals surface area contributed by atoms with Crippen LogP contribution in [0.5, 0.6) is 11.5 Å². The van der Waals surface area contributed by atoms with Gasteiger partial charge in [0.25, 0.3) is 42.3 Å². The van der Waals surface area contributed by atoms with Gasteiger partial charge in [0.15, 0.2) is 11.4 Å². The topological polar surface area (TPSA) is 280 Å². The van der Waals surface area contributed by atoms with Crippen molar-refractivity contribution < 1.29 is 54.6 Å². The summed E-state index contributed by atoms with van der Waals surface area (Å²) in [5.41, 5.74) is 5.68. The molecule has 0 saturated carbocycles. The number of tetrazole rings is 2. The lowest BCUT2D eigenvalue weighted by Gasteiger charge is -2.13. The number of benzene rings is 6. The molecule has 4 aromatic heterocycles. The van der Waals surface area contributed by atoms with E-state index in [1.54, 1.807) is 81.9 Å². The normalized spacial score (nSPS) is 11.8. The number of ether oxygens (including phenoxy) is 2. The van der Waals surface area contributed by atoms with Crippen LogP contribution in [-0.4, -0.2) is 117 Å². The van der Waals surface area contributed by atoms with Crippen molar-refractivity contribution in [3.8, 4) is 67.0 Å². The fraction of sp³-hybridized carbons (Fsp3) is 0.125. The minimum atomic E-state index is -4.24. The minimum absolute atomic E-state index is 0.261. The molecule has 2 amide bonds. The minimum Gasteiger partial charge on any atom is -0.496 e. The number of thiazole rings is 2. The summed E-state index contributed by atoms with van der Waals surface area (Å²) in [7, 11) is -5.38. The lowest BCUT2D eigenvalue weighted by atomic mass is 10.0. The van der Waals surface area contributed by atoms with Gasteiger partial charge in [-0.1, -0.05) is 46.9 Å². The Morgan fingerprint density at radius 3 is 1.32 bits per heavy atom. The molecule has 10 rings (SSSR count). The molecule has 0 atom stereocenters. The maximum atomic E-state index is 12.7. The van der Waals surface area contributed by atoms with E-state index >= 15 is 0 Å². The maximum Gasteiger partial charge on any atom is 0.340 e. The van der Waals surface area contributed by atoms with E-state index in [0.29, 0.717) is 67.0 Å². The largest absolute Gasteiger partial charge is 0.496 e. The van der Waals surface area contributed by atoms with E-state index in [4.69, 9.17) is 48.9 Å². The number of hydrogen-bond acceptors (Lipinski definition) is 16. The van der Waals surface area contributed by atoms with Gasteiger partial charge in [-0.15, -0.1) is 0 Å². The van der Waals surface area contributed by atoms with Crippen LogP contribution in [0, 0.1) is 0 Å². The van der Waals surface area contributed by atoms with E-state index in [1.165, 1.54) is 22.7 Å². The van der Waals surface area contributed by atoms with E-state index in [-0.39, 0.29) is 24.2 Å². The molecule has 22 nitrogen and oxygen atoms in total. The zero-order valence-electron chi connectivity index (χ0n) is 38.8. The number of rotatable bonds is 17. The highest BCUT2D eigenvalue weighted by molar-refractivity contribution is 7.86. The summed E-state index contributed by atoms with van der Waals surface area (Å²) in [4.78, 5) is 41.5. The first-order valence-electron chi connectivity index (χ1n) is 22.2. The molecule has 0 radical (unpaired) electrons. The maximum absolute atomic E-state index is 12.7. The summed E-state index contributed by atoms with van der Waals surface area (Å²) in [5.74, 6) is -0.735. The van der Waals surface area contributed by atoms with Crippen molar-refractivity contribution in [1.29, 1.82) is 0 Å². The van der Waals surface area contributed by atoms with Crippen LogP contribution in [0.2, 0.25) is 0 Å². The van der Waals surface area contributed by atoms with Gasteiger partial charge in [-0.3, -0.25) is 18.7 Å². The van der Waals surface area contributed by atoms with Gasteiger partial charge in [0, 0.05) is 57.1 Å². The SMILES string of the molecule is COc1cc(-[n+]2nc(-c3ccc(C(=O)NCCS(=O)(=O)O)cc3)nn2-c2nc3ccccc3s2)ccc1-c1ccc(-[n+]2nc(-c3ccc(C(=O)NCCS(=O)(=O)O)cc3)nn2-c2nc3ccccc3s2)cc1OC. The number of nitrogens with one attached hydrogen (secondary N) is 2. The van der Waals surface area contributed by atoms with Crippen molar-refractivity contribution in [1.82, 2.24) is 50.6 Å². The Balaban J connectivity index is 0.988. The Morgan fingerprint density at radius 2 is 0.959 bits per heavy atom. The Labute approximate surface area is 428 Å². The molecule has 0 aliphatic heterocycles. The van der Waals surface area contributed by atoms with E-state index in [1.807, 2.05) is 84.9 Å². The second kappa shape index (κ2) is 20.2. The summed E-state index contributed by atoms with van der Waals surface area (Å²) in [5, 5.41) is 25.5. The number of carbonyl (C=O) groups is 2. The third-order valence-corrected chi connectivity index (χ3v) is 14.7. The van der Waals surface area contributed by atoms with Crippen molar-refractivity contribution in [3.63, 3.8) is 0 Å². The van der Waals surface area contributed by atoms with Gasteiger partial charge < -0.3 is 20.1 Å². The van der Waals surface area contributed by atoms with Gasteiger partial charge in [0.05, 0.1) is 67.5 Å². The molecule has 0 bridgehead atoms. The van der Waals surface area contributed by atoms with Crippen molar-refractivity contribution >= 4 is 75.2 Å². The van der Waals surface area contributed by atoms with Gasteiger partial charge in [0.2, 0.25) is 0 Å². The zero-order valence-corrected chi connectivity index (χ0v) is 42.1. The van der Waals surface area contributed by atoms with Crippen molar-refractivity contribution in [2.24, 2.45) is 0 Å². The standard InChI is InChI=1S/C48H38N12O10S4/c1-69-39-27-33(57-53-43(55-59(57)47-51-37-7-3-5-9-41(37)71-47)29-11-15-31(16-12-29)45(61)49-23-25-73(63,64)65)19-21-35(39)36-22-20-34(28-40(36)70-2)58-54-44(56-60(58)48-52-38-8-4-6-10-42(38)72-48)30-13-17-32(18-14-30)46(62)50-24-26-74(66,67)68/h3-22,27-28H,23-26H2,1-2H3,(H2-2,49,50,61,62,63,64,65,66,67,68)/p+2. The van der Waals surface area contributed by atoms with Crippen LogP contribution < -0.4 is 29.7 Å². The first-order valence-corrected chi connectivity index (χ1v) is 27.0. The number of aromatic nitrogens is 10. The summed E-state index contributed by atoms with van der Waals surface area (Å²) in [6.45, 7) is -0.523. The van der Waals surface area contributed by atoms with E-state index in [9.17, 15) is 26.4 Å². The molecule has 374 valence electrons. The van der Waals surface area contributed by atoms with E-state index in [2.05, 4.69) is 10.6 Å². The van der Waals surface area contributed by atoms with Gasteiger partial charge in [0.1, 0.15) is 11.5 Å². The highest BCUT2D eigenvalue weighted by Crippen LogP contribution is 2.38. The number of methoxy groups -OCH3 is 2. The number of hydrogen-bond donors (Lipinski definition) is 4. The molecule has 26 heteroatoms. The van der Waals surface area contributed by atoms with Crippen molar-refractivity contribution in [3.05, 3.63) is 145 Å². The second-order valence-electron chi connectivity index (χ2n) is 16.1. The zero-order chi connectivity index (χ0) is 51.7. The van der Waals surface area contributed by atoms with Crippen LogP contribution >= 0.6 is 22.7 Å². The second-order valence-corrected chi connectivity index (χ2v) is 21.3. The number of fused-ring (bicyclic) bond motifs is 2. The first-order chi connectivity index (χ1) is 35.6. The molecule has 0 fully saturated rings. The summed E-state index contributed by atoms with van der Waals surface area (Å²) >= 11 is 2.83. The smallest absolute Gasteiger partial charge is 0.340 e. The highest BCUT2D eigenvalue weighted by atomic mass is 32.2. The highest BCUT2D eigenvalue weighted by Gasteiger charge is 2.30. The van der Waals surface area contributed by atoms with Gasteiger partial charge >= 0.3 is 11.6 Å². The molecule has 0 saturated heterocycles. The Bertz CT molecular complexity index is 3680. The molecule has 0 aliphatic rings. The van der Waals surface area contributed by atoms with Crippen LogP contribution in [0.1, 0.15) is 20.7 Å². The fourth-order valence-corrected chi connectivity index (χ4v) is 10.2. The molecular weight excluding hydrogens is 1030 g/mol.